The predicted octanol–water partition coefficient (Wildman–Crippen LogP) is 6.39. The maximum atomic E-state index is 14.1. The van der Waals surface area contributed by atoms with Crippen molar-refractivity contribution in [1.29, 1.82) is 0 Å². The van der Waals surface area contributed by atoms with Crippen LogP contribution in [0.5, 0.6) is 5.75 Å². The number of hydrogen-bond donors (Lipinski definition) is 1. The van der Waals surface area contributed by atoms with Gasteiger partial charge in [0.2, 0.25) is 10.9 Å². The van der Waals surface area contributed by atoms with Gasteiger partial charge >= 0.3 is 0 Å². The van der Waals surface area contributed by atoms with Crippen LogP contribution in [0.2, 0.25) is 0 Å². The highest BCUT2D eigenvalue weighted by atomic mass is 32.2. The third-order valence-corrected chi connectivity index (χ3v) is 9.22. The van der Waals surface area contributed by atoms with Crippen molar-refractivity contribution in [3.8, 4) is 5.75 Å². The summed E-state index contributed by atoms with van der Waals surface area (Å²) in [7, 11) is 0. The third-order valence-electron chi connectivity index (χ3n) is 6.04. The minimum Gasteiger partial charge on any atom is -0.503 e. The number of anilines is 1. The van der Waals surface area contributed by atoms with E-state index in [9.17, 15) is 19.1 Å². The van der Waals surface area contributed by atoms with Crippen LogP contribution >= 0.6 is 34.4 Å². The van der Waals surface area contributed by atoms with Crippen LogP contribution in [0.25, 0.3) is 0 Å². The molecule has 1 N–H and O–H groups in total. The highest BCUT2D eigenvalue weighted by Gasteiger charge is 2.47. The summed E-state index contributed by atoms with van der Waals surface area (Å²) in [5.41, 5.74) is 1.41. The summed E-state index contributed by atoms with van der Waals surface area (Å²) in [4.78, 5) is 33.4. The molecule has 8 nitrogen and oxygen atoms in total. The van der Waals surface area contributed by atoms with Crippen molar-refractivity contribution in [3.05, 3.63) is 105 Å². The Balaban J connectivity index is 1.56. The number of thioether (sulfide) groups is 1. The van der Waals surface area contributed by atoms with E-state index in [0.717, 1.165) is 11.3 Å². The van der Waals surface area contributed by atoms with E-state index in [0.29, 0.717) is 42.5 Å². The van der Waals surface area contributed by atoms with Gasteiger partial charge in [-0.25, -0.2) is 9.37 Å². The van der Waals surface area contributed by atoms with Gasteiger partial charge in [-0.05, 0) is 31.5 Å². The minimum atomic E-state index is -1.04. The van der Waals surface area contributed by atoms with E-state index in [4.69, 9.17) is 4.74 Å². The van der Waals surface area contributed by atoms with Crippen LogP contribution in [-0.2, 0) is 10.5 Å². The molecule has 12 heteroatoms. The van der Waals surface area contributed by atoms with E-state index in [1.54, 1.807) is 62.4 Å². The Morgan fingerprint density at radius 1 is 1.18 bits per heavy atom. The second kappa shape index (κ2) is 11.7. The van der Waals surface area contributed by atoms with Gasteiger partial charge in [-0.2, -0.15) is 0 Å². The summed E-state index contributed by atoms with van der Waals surface area (Å²) in [6, 6.07) is 12.4. The van der Waals surface area contributed by atoms with E-state index in [1.165, 1.54) is 34.1 Å². The summed E-state index contributed by atoms with van der Waals surface area (Å²) in [5, 5.41) is 20.4. The smallest absolute Gasteiger partial charge is 0.296 e. The van der Waals surface area contributed by atoms with Gasteiger partial charge in [0.25, 0.3) is 5.91 Å². The number of ketones is 1. The number of hydrogen-bond acceptors (Lipinski definition) is 10. The lowest BCUT2D eigenvalue weighted by molar-refractivity contribution is -0.117. The lowest BCUT2D eigenvalue weighted by Crippen LogP contribution is -2.31. The van der Waals surface area contributed by atoms with Crippen LogP contribution in [0.15, 0.2) is 76.9 Å². The Labute approximate surface area is 241 Å². The molecule has 2 aromatic carbocycles. The molecule has 40 heavy (non-hydrogen) atoms. The van der Waals surface area contributed by atoms with Crippen molar-refractivity contribution in [3.63, 3.8) is 0 Å². The highest BCUT2D eigenvalue weighted by molar-refractivity contribution is 8.00. The molecule has 204 valence electrons. The number of aryl methyl sites for hydroxylation is 2. The van der Waals surface area contributed by atoms with Crippen LogP contribution in [-0.4, -0.2) is 38.6 Å². The van der Waals surface area contributed by atoms with Crippen molar-refractivity contribution >= 4 is 51.3 Å². The lowest BCUT2D eigenvalue weighted by Gasteiger charge is -2.25. The van der Waals surface area contributed by atoms with E-state index in [2.05, 4.69) is 21.8 Å². The molecule has 0 saturated carbocycles. The quantitative estimate of drug-likeness (QED) is 0.0975. The monoisotopic (exact) mass is 594 g/mol. The molecular weight excluding hydrogens is 572 g/mol. The molecule has 0 saturated heterocycles. The Hall–Kier alpha value is -3.87. The maximum Gasteiger partial charge on any atom is 0.296 e. The molecule has 2 aromatic heterocycles. The molecule has 3 heterocycles. The van der Waals surface area contributed by atoms with Crippen LogP contribution < -0.4 is 9.64 Å². The zero-order chi connectivity index (χ0) is 28.4. The molecule has 1 aliphatic rings. The Bertz CT molecular complexity index is 1650. The number of thiazole rings is 1. The van der Waals surface area contributed by atoms with Crippen molar-refractivity contribution in [1.82, 2.24) is 15.2 Å². The second-order valence-electron chi connectivity index (χ2n) is 8.68. The minimum absolute atomic E-state index is 0.0952. The molecule has 1 unspecified atom stereocenters. The molecule has 0 spiro atoms. The van der Waals surface area contributed by atoms with Gasteiger partial charge in [0.1, 0.15) is 24.2 Å². The van der Waals surface area contributed by atoms with Crippen molar-refractivity contribution < 1.29 is 23.8 Å². The van der Waals surface area contributed by atoms with Crippen LogP contribution in [0.3, 0.4) is 0 Å². The number of rotatable bonds is 10. The number of para-hydroxylation sites is 1. The second-order valence-corrected chi connectivity index (χ2v) is 12.1. The van der Waals surface area contributed by atoms with Gasteiger partial charge in [-0.15, -0.1) is 21.5 Å². The Morgan fingerprint density at radius 3 is 2.65 bits per heavy atom. The van der Waals surface area contributed by atoms with Gasteiger partial charge < -0.3 is 9.84 Å². The Morgan fingerprint density at radius 2 is 1.93 bits per heavy atom. The van der Waals surface area contributed by atoms with Crippen molar-refractivity contribution in [2.75, 3.05) is 11.5 Å². The fraction of sp³-hybridized carbons (Fsp3) is 0.179. The van der Waals surface area contributed by atoms with Crippen LogP contribution in [0, 0.1) is 19.7 Å². The normalized spacial score (nSPS) is 15.1. The molecule has 1 amide bonds. The molecule has 1 atom stereocenters. The number of halogens is 1. The number of aromatic nitrogens is 3. The van der Waals surface area contributed by atoms with Gasteiger partial charge in [0.05, 0.1) is 21.2 Å². The predicted molar refractivity (Wildman–Crippen MR) is 154 cm³/mol. The number of benzene rings is 2. The summed E-state index contributed by atoms with van der Waals surface area (Å²) in [6.07, 6.45) is 1.58. The zero-order valence-corrected chi connectivity index (χ0v) is 23.9. The Kier molecular flexibility index (Phi) is 8.10. The molecule has 0 fully saturated rings. The molecule has 0 bridgehead atoms. The average molecular weight is 595 g/mol. The number of ether oxygens (including phenoxy) is 1. The first-order valence-electron chi connectivity index (χ1n) is 12.1. The topological polar surface area (TPSA) is 106 Å². The zero-order valence-electron chi connectivity index (χ0n) is 21.5. The molecule has 0 aliphatic carbocycles. The number of carbonyl (C=O) groups is 2. The number of aliphatic hydroxyl groups is 1. The fourth-order valence-corrected chi connectivity index (χ4v) is 7.02. The van der Waals surface area contributed by atoms with Crippen molar-refractivity contribution in [2.45, 2.75) is 30.0 Å². The molecule has 4 aromatic rings. The standard InChI is InChI=1S/C28H23FN4O4S3/c1-4-13-37-20-12-8-6-10-18(20)22-21(23(34)25-15(2)30-16(3)39-25)24(35)26(36)33(22)27-31-32-28(40-27)38-14-17-9-5-7-11-19(17)29/h4-12,22,35H,1,13-14H2,2-3H3. The largest absolute Gasteiger partial charge is 0.503 e. The number of carbonyl (C=O) groups excluding carboxylic acids is 2. The number of nitrogens with zero attached hydrogens (tertiary/aromatic N) is 4. The number of Topliss-reactive ketones (excluding diaryl/α,β-unsaturated/α-hetero) is 1. The lowest BCUT2D eigenvalue weighted by atomic mass is 9.94. The number of amides is 1. The first kappa shape index (κ1) is 27.7. The molecule has 1 aliphatic heterocycles. The van der Waals surface area contributed by atoms with Crippen molar-refractivity contribution in [2.24, 2.45) is 0 Å². The van der Waals surface area contributed by atoms with E-state index in [-0.39, 0.29) is 23.1 Å². The van der Waals surface area contributed by atoms with Gasteiger partial charge in [0.15, 0.2) is 10.1 Å². The first-order valence-corrected chi connectivity index (χ1v) is 14.7. The van der Waals surface area contributed by atoms with Gasteiger partial charge in [-0.3, -0.25) is 14.5 Å². The first-order chi connectivity index (χ1) is 19.3. The number of aliphatic hydroxyl groups excluding tert-OH is 1. The van der Waals surface area contributed by atoms with Gasteiger partial charge in [0, 0.05) is 11.3 Å². The summed E-state index contributed by atoms with van der Waals surface area (Å²) in [6.45, 7) is 7.38. The molecule has 5 rings (SSSR count). The maximum absolute atomic E-state index is 14.1. The fourth-order valence-electron chi connectivity index (χ4n) is 4.29. The van der Waals surface area contributed by atoms with Crippen LogP contribution in [0.1, 0.15) is 37.5 Å². The SMILES string of the molecule is C=CCOc1ccccc1C1C(C(=O)c2sc(C)nc2C)=C(O)C(=O)N1c1nnc(SCc2ccccc2F)s1. The molecular formula is C28H23FN4O4S3. The third kappa shape index (κ3) is 5.29. The summed E-state index contributed by atoms with van der Waals surface area (Å²) < 4.78 is 20.5. The summed E-state index contributed by atoms with van der Waals surface area (Å²) >= 11 is 3.57. The van der Waals surface area contributed by atoms with Crippen LogP contribution in [0.4, 0.5) is 9.52 Å². The average Bonchev–Trinajstić information content (AvgIpc) is 3.62. The summed E-state index contributed by atoms with van der Waals surface area (Å²) in [5.74, 6) is -1.55. The highest BCUT2D eigenvalue weighted by Crippen LogP contribution is 2.46. The van der Waals surface area contributed by atoms with E-state index in [1.807, 2.05) is 0 Å². The van der Waals surface area contributed by atoms with E-state index >= 15 is 0 Å². The van der Waals surface area contributed by atoms with Gasteiger partial charge in [-0.1, -0.05) is 72.2 Å². The van der Waals surface area contributed by atoms with E-state index < -0.39 is 23.5 Å². The molecule has 0 radical (unpaired) electrons.